The monoisotopic (exact) mass is 491 g/mol. The van der Waals surface area contributed by atoms with Gasteiger partial charge in [-0.1, -0.05) is 18.2 Å². The summed E-state index contributed by atoms with van der Waals surface area (Å²) in [5.74, 6) is -0.406. The number of hydrogen-bond acceptors (Lipinski definition) is 7. The lowest BCUT2D eigenvalue weighted by Gasteiger charge is -2.13. The van der Waals surface area contributed by atoms with Crippen LogP contribution < -0.4 is 5.32 Å². The van der Waals surface area contributed by atoms with Gasteiger partial charge < -0.3 is 9.73 Å². The summed E-state index contributed by atoms with van der Waals surface area (Å²) >= 11 is 0.712. The zero-order valence-corrected chi connectivity index (χ0v) is 20.0. The first-order valence-electron chi connectivity index (χ1n) is 10.6. The predicted octanol–water partition coefficient (Wildman–Crippen LogP) is 5.46. The number of nitro benzene ring substituents is 1. The minimum absolute atomic E-state index is 0.0272. The van der Waals surface area contributed by atoms with Gasteiger partial charge in [-0.15, -0.1) is 0 Å². The Labute approximate surface area is 204 Å². The van der Waals surface area contributed by atoms with Crippen LogP contribution >= 0.6 is 11.8 Å². The van der Waals surface area contributed by atoms with E-state index in [1.807, 2.05) is 26.0 Å². The van der Waals surface area contributed by atoms with E-state index in [9.17, 15) is 24.5 Å². The summed E-state index contributed by atoms with van der Waals surface area (Å²) in [4.78, 5) is 49.3. The Balaban J connectivity index is 1.47. The zero-order chi connectivity index (χ0) is 25.3. The maximum atomic E-state index is 12.8. The van der Waals surface area contributed by atoms with Crippen LogP contribution in [0.5, 0.6) is 0 Å². The molecule has 1 aliphatic heterocycles. The van der Waals surface area contributed by atoms with Crippen LogP contribution in [0.4, 0.5) is 16.2 Å². The van der Waals surface area contributed by atoms with Crippen molar-refractivity contribution < 1.29 is 23.7 Å². The number of nitrogens with zero attached hydrogens (tertiary/aromatic N) is 2. The Hall–Kier alpha value is -4.18. The summed E-state index contributed by atoms with van der Waals surface area (Å²) in [6.45, 7) is 5.12. The molecule has 1 aromatic heterocycles. The van der Waals surface area contributed by atoms with Gasteiger partial charge in [-0.2, -0.15) is 0 Å². The van der Waals surface area contributed by atoms with Crippen molar-refractivity contribution in [3.63, 3.8) is 0 Å². The first kappa shape index (κ1) is 24.0. The van der Waals surface area contributed by atoms with Crippen molar-refractivity contribution in [3.8, 4) is 11.3 Å². The van der Waals surface area contributed by atoms with Crippen molar-refractivity contribution in [3.05, 3.63) is 86.0 Å². The standard InChI is InChI=1S/C25H21N3O6S/c1-14-5-7-18(10-16(14)3)26-23(29)13-27-24(30)22(35-25(27)31)12-19-8-9-21(34-19)17-6-4-15(2)20(11-17)28(32)33/h4-12H,13H2,1-3H3,(H,26,29)/b22-12+. The molecule has 3 aromatic rings. The molecule has 0 spiro atoms. The molecule has 1 N–H and O–H groups in total. The second kappa shape index (κ2) is 9.59. The number of nitro groups is 1. The molecule has 0 unspecified atom stereocenters. The van der Waals surface area contributed by atoms with E-state index < -0.39 is 28.5 Å². The van der Waals surface area contributed by atoms with E-state index in [1.54, 1.807) is 37.3 Å². The maximum Gasteiger partial charge on any atom is 0.294 e. The molecule has 1 saturated heterocycles. The summed E-state index contributed by atoms with van der Waals surface area (Å²) in [6, 6.07) is 13.4. The molecular formula is C25H21N3O6S. The number of anilines is 1. The van der Waals surface area contributed by atoms with Crippen molar-refractivity contribution in [2.45, 2.75) is 20.8 Å². The second-order valence-corrected chi connectivity index (χ2v) is 9.07. The minimum atomic E-state index is -0.598. The lowest BCUT2D eigenvalue weighted by atomic mass is 10.1. The fourth-order valence-electron chi connectivity index (χ4n) is 3.47. The topological polar surface area (TPSA) is 123 Å². The third kappa shape index (κ3) is 5.17. The summed E-state index contributed by atoms with van der Waals surface area (Å²) in [7, 11) is 0. The number of benzene rings is 2. The first-order valence-corrected chi connectivity index (χ1v) is 11.4. The maximum absolute atomic E-state index is 12.8. The molecule has 0 radical (unpaired) electrons. The molecule has 0 saturated carbocycles. The Morgan fingerprint density at radius 3 is 2.51 bits per heavy atom. The molecule has 2 heterocycles. The average molecular weight is 492 g/mol. The molecule has 0 atom stereocenters. The molecule has 1 fully saturated rings. The number of hydrogen-bond donors (Lipinski definition) is 1. The smallest absolute Gasteiger partial charge is 0.294 e. The Morgan fingerprint density at radius 1 is 1.06 bits per heavy atom. The molecular weight excluding hydrogens is 470 g/mol. The van der Waals surface area contributed by atoms with Gasteiger partial charge in [-0.25, -0.2) is 0 Å². The molecule has 178 valence electrons. The van der Waals surface area contributed by atoms with Crippen LogP contribution in [-0.2, 0) is 9.59 Å². The first-order chi connectivity index (χ1) is 16.6. The van der Waals surface area contributed by atoms with Crippen molar-refractivity contribution >= 4 is 46.3 Å². The second-order valence-electron chi connectivity index (χ2n) is 8.08. The highest BCUT2D eigenvalue weighted by molar-refractivity contribution is 8.18. The van der Waals surface area contributed by atoms with Gasteiger partial charge in [0.05, 0.1) is 9.83 Å². The molecule has 4 rings (SSSR count). The van der Waals surface area contributed by atoms with Gasteiger partial charge in [0.2, 0.25) is 5.91 Å². The third-order valence-corrected chi connectivity index (χ3v) is 6.46. The molecule has 0 aliphatic carbocycles. The van der Waals surface area contributed by atoms with Gasteiger partial charge in [0.25, 0.3) is 16.8 Å². The predicted molar refractivity (Wildman–Crippen MR) is 133 cm³/mol. The van der Waals surface area contributed by atoms with Crippen LogP contribution in [0.2, 0.25) is 0 Å². The third-order valence-electron chi connectivity index (χ3n) is 5.56. The van der Waals surface area contributed by atoms with Crippen LogP contribution in [0.25, 0.3) is 17.4 Å². The van der Waals surface area contributed by atoms with Crippen LogP contribution in [0.15, 0.2) is 57.9 Å². The van der Waals surface area contributed by atoms with E-state index in [4.69, 9.17) is 4.42 Å². The zero-order valence-electron chi connectivity index (χ0n) is 19.2. The summed E-state index contributed by atoms with van der Waals surface area (Å²) < 4.78 is 5.73. The van der Waals surface area contributed by atoms with E-state index in [-0.39, 0.29) is 10.6 Å². The quantitative estimate of drug-likeness (QED) is 0.276. The van der Waals surface area contributed by atoms with E-state index in [0.717, 1.165) is 16.0 Å². The normalized spacial score (nSPS) is 14.6. The number of aryl methyl sites for hydroxylation is 3. The highest BCUT2D eigenvalue weighted by Gasteiger charge is 2.36. The lowest BCUT2D eigenvalue weighted by Crippen LogP contribution is -2.36. The summed E-state index contributed by atoms with van der Waals surface area (Å²) in [5.41, 5.74) is 3.69. The fraction of sp³-hybridized carbons (Fsp3) is 0.160. The molecule has 0 bridgehead atoms. The van der Waals surface area contributed by atoms with E-state index in [0.29, 0.717) is 40.1 Å². The number of thioether (sulfide) groups is 1. The number of carbonyl (C=O) groups excluding carboxylic acids is 3. The van der Waals surface area contributed by atoms with Crippen LogP contribution in [0.3, 0.4) is 0 Å². The van der Waals surface area contributed by atoms with Crippen molar-refractivity contribution in [2.75, 3.05) is 11.9 Å². The fourth-order valence-corrected chi connectivity index (χ4v) is 4.29. The van der Waals surface area contributed by atoms with Gasteiger partial charge >= 0.3 is 0 Å². The lowest BCUT2D eigenvalue weighted by molar-refractivity contribution is -0.385. The Bertz CT molecular complexity index is 1410. The highest BCUT2D eigenvalue weighted by atomic mass is 32.2. The van der Waals surface area contributed by atoms with Crippen LogP contribution in [0.1, 0.15) is 22.5 Å². The number of furan rings is 1. The summed E-state index contributed by atoms with van der Waals surface area (Å²) in [5, 5.41) is 13.3. The number of carbonyl (C=O) groups is 3. The molecule has 35 heavy (non-hydrogen) atoms. The van der Waals surface area contributed by atoms with Gasteiger partial charge in [0.15, 0.2) is 0 Å². The Kier molecular flexibility index (Phi) is 6.57. The largest absolute Gasteiger partial charge is 0.457 e. The number of nitrogens with one attached hydrogen (secondary N) is 1. The SMILES string of the molecule is Cc1ccc(NC(=O)CN2C(=O)S/C(=C/c3ccc(-c4ccc(C)c([N+](=O)[O-])c4)o3)C2=O)cc1C. The van der Waals surface area contributed by atoms with Gasteiger partial charge in [0, 0.05) is 29.0 Å². The molecule has 2 aromatic carbocycles. The number of imide groups is 1. The van der Waals surface area contributed by atoms with Gasteiger partial charge in [-0.05, 0) is 67.9 Å². The van der Waals surface area contributed by atoms with E-state index in [1.165, 1.54) is 12.1 Å². The van der Waals surface area contributed by atoms with Crippen molar-refractivity contribution in [1.82, 2.24) is 4.90 Å². The van der Waals surface area contributed by atoms with Gasteiger partial charge in [0.1, 0.15) is 18.1 Å². The Morgan fingerprint density at radius 2 is 1.80 bits per heavy atom. The molecule has 10 heteroatoms. The van der Waals surface area contributed by atoms with Crippen LogP contribution in [0, 0.1) is 30.9 Å². The molecule has 3 amide bonds. The van der Waals surface area contributed by atoms with E-state index in [2.05, 4.69) is 5.32 Å². The molecule has 9 nitrogen and oxygen atoms in total. The number of amides is 3. The summed E-state index contributed by atoms with van der Waals surface area (Å²) in [6.07, 6.45) is 1.41. The van der Waals surface area contributed by atoms with Crippen molar-refractivity contribution in [1.29, 1.82) is 0 Å². The minimum Gasteiger partial charge on any atom is -0.457 e. The highest BCUT2D eigenvalue weighted by Crippen LogP contribution is 2.34. The average Bonchev–Trinajstić information content (AvgIpc) is 3.37. The number of rotatable bonds is 6. The van der Waals surface area contributed by atoms with Crippen LogP contribution in [-0.4, -0.2) is 33.4 Å². The van der Waals surface area contributed by atoms with E-state index >= 15 is 0 Å². The molecule has 1 aliphatic rings. The van der Waals surface area contributed by atoms with Gasteiger partial charge in [-0.3, -0.25) is 29.4 Å². The van der Waals surface area contributed by atoms with Crippen molar-refractivity contribution in [2.24, 2.45) is 0 Å².